The molecule has 0 aliphatic rings. The van der Waals surface area contributed by atoms with Gasteiger partial charge in [-0.2, -0.15) is 0 Å². The smallest absolute Gasteiger partial charge is 0.317 e. The molecule has 0 spiro atoms. The molecule has 2 heterocycles. The van der Waals surface area contributed by atoms with Gasteiger partial charge < -0.3 is 14.6 Å². The minimum atomic E-state index is -0.0676. The molecule has 2 aromatic heterocycles. The SMILES string of the molecule is Cc1ccccc1CN(C)C(=O)NCCc1cn2ccccc2n1. The van der Waals surface area contributed by atoms with Gasteiger partial charge in [-0.15, -0.1) is 0 Å². The monoisotopic (exact) mass is 322 g/mol. The van der Waals surface area contributed by atoms with Crippen LogP contribution in [-0.2, 0) is 13.0 Å². The van der Waals surface area contributed by atoms with Crippen molar-refractivity contribution in [3.05, 3.63) is 71.7 Å². The van der Waals surface area contributed by atoms with E-state index < -0.39 is 0 Å². The molecule has 5 heteroatoms. The van der Waals surface area contributed by atoms with E-state index in [4.69, 9.17) is 0 Å². The molecule has 0 saturated carbocycles. The van der Waals surface area contributed by atoms with Gasteiger partial charge in [0.2, 0.25) is 0 Å². The maximum absolute atomic E-state index is 12.2. The van der Waals surface area contributed by atoms with Gasteiger partial charge in [0.25, 0.3) is 0 Å². The summed E-state index contributed by atoms with van der Waals surface area (Å²) in [6.45, 7) is 3.23. The summed E-state index contributed by atoms with van der Waals surface area (Å²) in [5.74, 6) is 0. The number of fused-ring (bicyclic) bond motifs is 1. The zero-order chi connectivity index (χ0) is 16.9. The van der Waals surface area contributed by atoms with Crippen molar-refractivity contribution in [3.63, 3.8) is 0 Å². The van der Waals surface area contributed by atoms with Crippen LogP contribution in [0.1, 0.15) is 16.8 Å². The molecule has 0 bridgehead atoms. The Morgan fingerprint density at radius 2 is 2.00 bits per heavy atom. The number of nitrogens with zero attached hydrogens (tertiary/aromatic N) is 3. The van der Waals surface area contributed by atoms with Gasteiger partial charge in [0, 0.05) is 39.0 Å². The quantitative estimate of drug-likeness (QED) is 0.785. The number of imidazole rings is 1. The first-order chi connectivity index (χ1) is 11.6. The van der Waals surface area contributed by atoms with Gasteiger partial charge in [0.1, 0.15) is 5.65 Å². The van der Waals surface area contributed by atoms with Crippen LogP contribution in [0.5, 0.6) is 0 Å². The van der Waals surface area contributed by atoms with Gasteiger partial charge in [-0.3, -0.25) is 0 Å². The lowest BCUT2D eigenvalue weighted by Crippen LogP contribution is -2.37. The summed E-state index contributed by atoms with van der Waals surface area (Å²) in [5, 5.41) is 2.95. The highest BCUT2D eigenvalue weighted by atomic mass is 16.2. The molecule has 5 nitrogen and oxygen atoms in total. The zero-order valence-corrected chi connectivity index (χ0v) is 14.1. The average molecular weight is 322 g/mol. The minimum absolute atomic E-state index is 0.0676. The van der Waals surface area contributed by atoms with E-state index in [0.29, 0.717) is 19.5 Å². The van der Waals surface area contributed by atoms with Gasteiger partial charge in [0.05, 0.1) is 5.69 Å². The lowest BCUT2D eigenvalue weighted by Gasteiger charge is -2.19. The topological polar surface area (TPSA) is 49.6 Å². The molecule has 3 rings (SSSR count). The van der Waals surface area contributed by atoms with Crippen molar-refractivity contribution in [2.75, 3.05) is 13.6 Å². The predicted octanol–water partition coefficient (Wildman–Crippen LogP) is 3.03. The fraction of sp³-hybridized carbons (Fsp3) is 0.263. The number of hydrogen-bond acceptors (Lipinski definition) is 2. The van der Waals surface area contributed by atoms with Crippen LogP contribution in [0.15, 0.2) is 54.9 Å². The number of pyridine rings is 1. The second kappa shape index (κ2) is 7.17. The molecule has 0 radical (unpaired) electrons. The second-order valence-electron chi connectivity index (χ2n) is 5.96. The van der Waals surface area contributed by atoms with E-state index in [1.165, 1.54) is 5.56 Å². The maximum atomic E-state index is 12.2. The highest BCUT2D eigenvalue weighted by molar-refractivity contribution is 5.73. The van der Waals surface area contributed by atoms with E-state index in [1.54, 1.807) is 4.90 Å². The predicted molar refractivity (Wildman–Crippen MR) is 94.9 cm³/mol. The maximum Gasteiger partial charge on any atom is 0.317 e. The van der Waals surface area contributed by atoms with Crippen LogP contribution in [0.3, 0.4) is 0 Å². The summed E-state index contributed by atoms with van der Waals surface area (Å²) >= 11 is 0. The first-order valence-electron chi connectivity index (χ1n) is 8.09. The summed E-state index contributed by atoms with van der Waals surface area (Å²) < 4.78 is 1.99. The van der Waals surface area contributed by atoms with Crippen molar-refractivity contribution in [3.8, 4) is 0 Å². The van der Waals surface area contributed by atoms with Crippen molar-refractivity contribution in [2.45, 2.75) is 19.9 Å². The standard InChI is InChI=1S/C19H22N4O/c1-15-7-3-4-8-16(15)13-22(2)19(24)20-11-10-17-14-23-12-6-5-9-18(23)21-17/h3-9,12,14H,10-11,13H2,1-2H3,(H,20,24). The lowest BCUT2D eigenvalue weighted by atomic mass is 10.1. The van der Waals surface area contributed by atoms with E-state index in [1.807, 2.05) is 54.2 Å². The molecule has 24 heavy (non-hydrogen) atoms. The number of aryl methyl sites for hydroxylation is 1. The van der Waals surface area contributed by atoms with Crippen molar-refractivity contribution >= 4 is 11.7 Å². The normalized spacial score (nSPS) is 10.8. The van der Waals surface area contributed by atoms with Crippen LogP contribution in [0.25, 0.3) is 5.65 Å². The molecule has 2 amide bonds. The molecule has 0 fully saturated rings. The number of hydrogen-bond donors (Lipinski definition) is 1. The molecule has 1 N–H and O–H groups in total. The molecule has 0 unspecified atom stereocenters. The van der Waals surface area contributed by atoms with E-state index >= 15 is 0 Å². The number of aromatic nitrogens is 2. The lowest BCUT2D eigenvalue weighted by molar-refractivity contribution is 0.207. The fourth-order valence-corrected chi connectivity index (χ4v) is 2.65. The number of urea groups is 1. The van der Waals surface area contributed by atoms with Gasteiger partial charge in [-0.25, -0.2) is 9.78 Å². The number of carbonyl (C=O) groups excluding carboxylic acids is 1. The Bertz CT molecular complexity index is 807. The van der Waals surface area contributed by atoms with Crippen molar-refractivity contribution < 1.29 is 4.79 Å². The van der Waals surface area contributed by atoms with Gasteiger partial charge in [0.15, 0.2) is 0 Å². The number of amides is 2. The molecule has 0 saturated heterocycles. The molecule has 0 aliphatic carbocycles. The van der Waals surface area contributed by atoms with Crippen molar-refractivity contribution in [2.24, 2.45) is 0 Å². The number of benzene rings is 1. The van der Waals surface area contributed by atoms with Crippen LogP contribution >= 0.6 is 0 Å². The zero-order valence-electron chi connectivity index (χ0n) is 14.1. The van der Waals surface area contributed by atoms with Gasteiger partial charge >= 0.3 is 6.03 Å². The fourth-order valence-electron chi connectivity index (χ4n) is 2.65. The number of nitrogens with one attached hydrogen (secondary N) is 1. The van der Waals surface area contributed by atoms with E-state index in [9.17, 15) is 4.79 Å². The van der Waals surface area contributed by atoms with E-state index in [0.717, 1.165) is 16.9 Å². The van der Waals surface area contributed by atoms with E-state index in [-0.39, 0.29) is 6.03 Å². The van der Waals surface area contributed by atoms with Crippen LogP contribution < -0.4 is 5.32 Å². The third-order valence-corrected chi connectivity index (χ3v) is 4.09. The second-order valence-corrected chi connectivity index (χ2v) is 5.96. The molecule has 124 valence electrons. The van der Waals surface area contributed by atoms with Crippen LogP contribution in [0, 0.1) is 6.92 Å². The molecule has 0 aliphatic heterocycles. The number of rotatable bonds is 5. The van der Waals surface area contributed by atoms with Crippen LogP contribution in [-0.4, -0.2) is 33.9 Å². The Morgan fingerprint density at radius 1 is 1.21 bits per heavy atom. The van der Waals surface area contributed by atoms with E-state index in [2.05, 4.69) is 29.4 Å². The number of carbonyl (C=O) groups is 1. The summed E-state index contributed by atoms with van der Waals surface area (Å²) in [7, 11) is 1.81. The highest BCUT2D eigenvalue weighted by Crippen LogP contribution is 2.09. The van der Waals surface area contributed by atoms with Crippen molar-refractivity contribution in [1.29, 1.82) is 0 Å². The molecule has 3 aromatic rings. The summed E-state index contributed by atoms with van der Waals surface area (Å²) in [6, 6.07) is 14.0. The summed E-state index contributed by atoms with van der Waals surface area (Å²) in [5.41, 5.74) is 4.26. The Balaban J connectivity index is 1.50. The van der Waals surface area contributed by atoms with Gasteiger partial charge in [-0.05, 0) is 30.2 Å². The summed E-state index contributed by atoms with van der Waals surface area (Å²) in [6.07, 6.45) is 4.69. The Morgan fingerprint density at radius 3 is 2.79 bits per heavy atom. The Kier molecular flexibility index (Phi) is 4.79. The van der Waals surface area contributed by atoms with Gasteiger partial charge in [-0.1, -0.05) is 30.3 Å². The highest BCUT2D eigenvalue weighted by Gasteiger charge is 2.10. The Labute approximate surface area is 141 Å². The first kappa shape index (κ1) is 16.1. The van der Waals surface area contributed by atoms with Crippen LogP contribution in [0.4, 0.5) is 4.79 Å². The third kappa shape index (κ3) is 3.74. The third-order valence-electron chi connectivity index (χ3n) is 4.09. The molecular formula is C19H22N4O. The molecular weight excluding hydrogens is 300 g/mol. The summed E-state index contributed by atoms with van der Waals surface area (Å²) in [4.78, 5) is 18.4. The van der Waals surface area contributed by atoms with Crippen molar-refractivity contribution in [1.82, 2.24) is 19.6 Å². The molecule has 1 aromatic carbocycles. The minimum Gasteiger partial charge on any atom is -0.338 e. The largest absolute Gasteiger partial charge is 0.338 e. The Hall–Kier alpha value is -2.82. The first-order valence-corrected chi connectivity index (χ1v) is 8.09. The molecule has 0 atom stereocenters. The average Bonchev–Trinajstić information content (AvgIpc) is 2.99. The van der Waals surface area contributed by atoms with Crippen LogP contribution in [0.2, 0.25) is 0 Å².